The summed E-state index contributed by atoms with van der Waals surface area (Å²) in [5.74, 6) is 0. The van der Waals surface area contributed by atoms with Crippen molar-refractivity contribution in [3.8, 4) is 0 Å². The Hall–Kier alpha value is -0.770. The van der Waals surface area contributed by atoms with Crippen LogP contribution in [0, 0.1) is 0 Å². The Morgan fingerprint density at radius 2 is 1.68 bits per heavy atom. The maximum atomic E-state index is 11.9. The van der Waals surface area contributed by atoms with Crippen LogP contribution in [0.3, 0.4) is 0 Å². The van der Waals surface area contributed by atoms with Crippen LogP contribution in [0.5, 0.6) is 0 Å². The van der Waals surface area contributed by atoms with Gasteiger partial charge in [-0.25, -0.2) is 4.79 Å². The summed E-state index contributed by atoms with van der Waals surface area (Å²) in [5.41, 5.74) is 0. The third-order valence-electron chi connectivity index (χ3n) is 3.91. The van der Waals surface area contributed by atoms with E-state index in [4.69, 9.17) is 0 Å². The number of hydrogen-bond acceptors (Lipinski definition) is 2. The number of carbonyl (C=O) groups excluding carboxylic acids is 1. The van der Waals surface area contributed by atoms with Gasteiger partial charge in [-0.05, 0) is 53.1 Å². The lowest BCUT2D eigenvalue weighted by Crippen LogP contribution is -2.43. The summed E-state index contributed by atoms with van der Waals surface area (Å²) in [6.07, 6.45) is 4.20. The van der Waals surface area contributed by atoms with Gasteiger partial charge >= 0.3 is 6.03 Å². The molecule has 0 unspecified atom stereocenters. The zero-order valence-electron chi connectivity index (χ0n) is 13.7. The molecule has 0 aromatic carbocycles. The van der Waals surface area contributed by atoms with Crippen LogP contribution in [0.1, 0.15) is 53.4 Å². The average molecular weight is 271 g/mol. The van der Waals surface area contributed by atoms with Gasteiger partial charge in [-0.1, -0.05) is 13.8 Å². The third-order valence-corrected chi connectivity index (χ3v) is 3.91. The summed E-state index contributed by atoms with van der Waals surface area (Å²) >= 11 is 0. The topological polar surface area (TPSA) is 35.6 Å². The van der Waals surface area contributed by atoms with Crippen molar-refractivity contribution in [3.05, 3.63) is 0 Å². The van der Waals surface area contributed by atoms with Crippen molar-refractivity contribution < 1.29 is 4.79 Å². The molecule has 0 saturated heterocycles. The molecule has 0 atom stereocenters. The molecule has 19 heavy (non-hydrogen) atoms. The molecule has 114 valence electrons. The predicted octanol–water partition coefficient (Wildman–Crippen LogP) is 2.94. The van der Waals surface area contributed by atoms with Crippen LogP contribution in [0.2, 0.25) is 0 Å². The fraction of sp³-hybridized carbons (Fsp3) is 0.933. The van der Waals surface area contributed by atoms with Crippen molar-refractivity contribution in [1.82, 2.24) is 15.1 Å². The van der Waals surface area contributed by atoms with E-state index < -0.39 is 0 Å². The first-order valence-corrected chi connectivity index (χ1v) is 7.64. The Morgan fingerprint density at radius 1 is 1.11 bits per heavy atom. The van der Waals surface area contributed by atoms with Crippen molar-refractivity contribution in [1.29, 1.82) is 0 Å². The van der Waals surface area contributed by atoms with Gasteiger partial charge in [-0.15, -0.1) is 0 Å². The lowest BCUT2D eigenvalue weighted by atomic mass is 10.1. The number of rotatable bonds is 9. The Balaban J connectivity index is 3.74. The van der Waals surface area contributed by atoms with Crippen LogP contribution in [0.4, 0.5) is 4.79 Å². The van der Waals surface area contributed by atoms with Crippen molar-refractivity contribution in [2.24, 2.45) is 0 Å². The van der Waals surface area contributed by atoms with E-state index in [1.54, 1.807) is 0 Å². The van der Waals surface area contributed by atoms with Crippen LogP contribution in [0.15, 0.2) is 0 Å². The summed E-state index contributed by atoms with van der Waals surface area (Å²) in [6.45, 7) is 10.5. The molecule has 0 fully saturated rings. The smallest absolute Gasteiger partial charge is 0.317 e. The van der Waals surface area contributed by atoms with Crippen molar-refractivity contribution in [2.45, 2.75) is 65.5 Å². The second-order valence-corrected chi connectivity index (χ2v) is 5.59. The molecule has 0 aliphatic rings. The molecule has 4 heteroatoms. The van der Waals surface area contributed by atoms with Gasteiger partial charge in [0.1, 0.15) is 0 Å². The number of carbonyl (C=O) groups is 1. The predicted molar refractivity (Wildman–Crippen MR) is 82.5 cm³/mol. The summed E-state index contributed by atoms with van der Waals surface area (Å²) in [4.78, 5) is 16.1. The van der Waals surface area contributed by atoms with Crippen LogP contribution < -0.4 is 5.32 Å². The van der Waals surface area contributed by atoms with E-state index >= 15 is 0 Å². The summed E-state index contributed by atoms with van der Waals surface area (Å²) in [6, 6.07) is 1.01. The molecule has 0 heterocycles. The largest absolute Gasteiger partial charge is 0.338 e. The van der Waals surface area contributed by atoms with Crippen LogP contribution in [-0.4, -0.2) is 55.1 Å². The van der Waals surface area contributed by atoms with Gasteiger partial charge in [0.25, 0.3) is 0 Å². The van der Waals surface area contributed by atoms with Gasteiger partial charge in [0.2, 0.25) is 0 Å². The SMILES string of the molecule is CCC(CC)N(C)C(=O)NCCCCN(C)C(C)C. The molecule has 4 nitrogen and oxygen atoms in total. The number of nitrogens with one attached hydrogen (secondary N) is 1. The van der Waals surface area contributed by atoms with Crippen LogP contribution >= 0.6 is 0 Å². The molecule has 0 rings (SSSR count). The van der Waals surface area contributed by atoms with Crippen molar-refractivity contribution in [2.75, 3.05) is 27.2 Å². The quantitative estimate of drug-likeness (QED) is 0.654. The van der Waals surface area contributed by atoms with Crippen LogP contribution in [0.25, 0.3) is 0 Å². The molecular formula is C15H33N3O. The lowest BCUT2D eigenvalue weighted by molar-refractivity contribution is 0.186. The maximum Gasteiger partial charge on any atom is 0.317 e. The van der Waals surface area contributed by atoms with Gasteiger partial charge in [-0.2, -0.15) is 0 Å². The second kappa shape index (κ2) is 10.1. The zero-order chi connectivity index (χ0) is 14.8. The molecule has 0 aromatic heterocycles. The highest BCUT2D eigenvalue weighted by atomic mass is 16.2. The number of urea groups is 1. The lowest BCUT2D eigenvalue weighted by Gasteiger charge is -2.26. The fourth-order valence-corrected chi connectivity index (χ4v) is 2.07. The van der Waals surface area contributed by atoms with E-state index in [0.29, 0.717) is 12.1 Å². The minimum absolute atomic E-state index is 0.0610. The molecular weight excluding hydrogens is 238 g/mol. The molecule has 0 spiro atoms. The Labute approximate surface area is 119 Å². The van der Waals surface area contributed by atoms with E-state index in [0.717, 1.165) is 38.8 Å². The molecule has 0 aliphatic carbocycles. The minimum atomic E-state index is 0.0610. The summed E-state index contributed by atoms with van der Waals surface area (Å²) in [5, 5.41) is 3.00. The monoisotopic (exact) mass is 271 g/mol. The van der Waals surface area contributed by atoms with E-state index in [1.807, 2.05) is 11.9 Å². The molecule has 0 saturated carbocycles. The maximum absolute atomic E-state index is 11.9. The highest BCUT2D eigenvalue weighted by molar-refractivity contribution is 5.74. The van der Waals surface area contributed by atoms with E-state index in [2.05, 4.69) is 45.0 Å². The summed E-state index contributed by atoms with van der Waals surface area (Å²) < 4.78 is 0. The molecule has 0 aromatic rings. The number of amides is 2. The Kier molecular flexibility index (Phi) is 9.66. The van der Waals surface area contributed by atoms with Crippen LogP contribution in [-0.2, 0) is 0 Å². The molecule has 2 amide bonds. The van der Waals surface area contributed by atoms with Crippen molar-refractivity contribution in [3.63, 3.8) is 0 Å². The first kappa shape index (κ1) is 18.2. The van der Waals surface area contributed by atoms with Gasteiger partial charge in [0.05, 0.1) is 0 Å². The standard InChI is InChI=1S/C15H33N3O/c1-7-14(8-2)18(6)15(19)16-11-9-10-12-17(5)13(3)4/h13-14H,7-12H2,1-6H3,(H,16,19). The fourth-order valence-electron chi connectivity index (χ4n) is 2.07. The Bertz CT molecular complexity index is 240. The highest BCUT2D eigenvalue weighted by Gasteiger charge is 2.15. The molecule has 0 bridgehead atoms. The second-order valence-electron chi connectivity index (χ2n) is 5.59. The first-order valence-electron chi connectivity index (χ1n) is 7.64. The van der Waals surface area contributed by atoms with Gasteiger partial charge < -0.3 is 15.1 Å². The molecule has 0 radical (unpaired) electrons. The molecule has 1 N–H and O–H groups in total. The highest BCUT2D eigenvalue weighted by Crippen LogP contribution is 2.06. The minimum Gasteiger partial charge on any atom is -0.338 e. The van der Waals surface area contributed by atoms with Crippen molar-refractivity contribution >= 4 is 6.03 Å². The van der Waals surface area contributed by atoms with E-state index in [1.165, 1.54) is 0 Å². The Morgan fingerprint density at radius 3 is 2.16 bits per heavy atom. The normalized spacial score (nSPS) is 11.4. The number of unbranched alkanes of at least 4 members (excludes halogenated alkanes) is 1. The summed E-state index contributed by atoms with van der Waals surface area (Å²) in [7, 11) is 4.03. The number of hydrogen-bond donors (Lipinski definition) is 1. The number of nitrogens with zero attached hydrogens (tertiary/aromatic N) is 2. The van der Waals surface area contributed by atoms with E-state index in [-0.39, 0.29) is 6.03 Å². The van der Waals surface area contributed by atoms with Gasteiger partial charge in [0.15, 0.2) is 0 Å². The molecule has 0 aliphatic heterocycles. The first-order chi connectivity index (χ1) is 8.93. The third kappa shape index (κ3) is 7.41. The zero-order valence-corrected chi connectivity index (χ0v) is 13.7. The van der Waals surface area contributed by atoms with E-state index in [9.17, 15) is 4.79 Å². The van der Waals surface area contributed by atoms with Gasteiger partial charge in [0, 0.05) is 25.7 Å². The van der Waals surface area contributed by atoms with Gasteiger partial charge in [-0.3, -0.25) is 0 Å². The average Bonchev–Trinajstić information content (AvgIpc) is 2.38.